The fourth-order valence-corrected chi connectivity index (χ4v) is 2.59. The molecule has 0 saturated heterocycles. The monoisotopic (exact) mass is 445 g/mol. The van der Waals surface area contributed by atoms with Crippen LogP contribution in [0.3, 0.4) is 0 Å². The average molecular weight is 446 g/mol. The van der Waals surface area contributed by atoms with Gasteiger partial charge in [0, 0.05) is 6.20 Å². The molecule has 0 fully saturated rings. The molecule has 0 atom stereocenters. The first-order valence-electron chi connectivity index (χ1n) is 8.32. The number of amides is 2. The fourth-order valence-electron chi connectivity index (χ4n) is 2.38. The number of rotatable bonds is 4. The van der Waals surface area contributed by atoms with E-state index in [9.17, 15) is 14.4 Å². The molecule has 0 bridgehead atoms. The molecule has 0 unspecified atom stereocenters. The van der Waals surface area contributed by atoms with E-state index in [0.717, 1.165) is 11.2 Å². The predicted octanol–water partition coefficient (Wildman–Crippen LogP) is 2.96. The molecule has 30 heavy (non-hydrogen) atoms. The molecule has 0 saturated carbocycles. The Morgan fingerprint density at radius 2 is 1.67 bits per heavy atom. The summed E-state index contributed by atoms with van der Waals surface area (Å²) in [5.74, 6) is -2.14. The van der Waals surface area contributed by atoms with Gasteiger partial charge in [0.25, 0.3) is 11.8 Å². The molecule has 2 amide bonds. The normalized spacial score (nSPS) is 10.2. The van der Waals surface area contributed by atoms with Crippen LogP contribution >= 0.6 is 23.2 Å². The van der Waals surface area contributed by atoms with Gasteiger partial charge in [-0.15, -0.1) is 0 Å². The summed E-state index contributed by atoms with van der Waals surface area (Å²) in [6.07, 6.45) is 3.64. The molecule has 1 aromatic carbocycles. The van der Waals surface area contributed by atoms with E-state index < -0.39 is 17.8 Å². The lowest BCUT2D eigenvalue weighted by atomic mass is 10.1. The number of methoxy groups -OCH3 is 1. The van der Waals surface area contributed by atoms with Crippen LogP contribution in [-0.2, 0) is 4.74 Å². The van der Waals surface area contributed by atoms with Gasteiger partial charge in [0.05, 0.1) is 35.7 Å². The summed E-state index contributed by atoms with van der Waals surface area (Å²) >= 11 is 11.6. The topological polar surface area (TPSA) is 114 Å². The third-order valence-electron chi connectivity index (χ3n) is 3.77. The zero-order valence-corrected chi connectivity index (χ0v) is 16.9. The second-order valence-corrected chi connectivity index (χ2v) is 6.50. The van der Waals surface area contributed by atoms with Gasteiger partial charge >= 0.3 is 5.97 Å². The number of anilines is 1. The van der Waals surface area contributed by atoms with Crippen molar-refractivity contribution in [2.24, 2.45) is 0 Å². The zero-order valence-electron chi connectivity index (χ0n) is 15.4. The standard InChI is InChI=1S/C19H13Cl2N5O4/c1-30-19(29)13-5-3-2-4-12(13)18(28)26(16-7-6-11(20)8-24-16)25-17(27)14-9-23-15(21)10-22-14/h2-10H,1H3,(H,25,27). The van der Waals surface area contributed by atoms with Gasteiger partial charge in [0.2, 0.25) is 0 Å². The first kappa shape index (κ1) is 21.2. The van der Waals surface area contributed by atoms with Gasteiger partial charge in [-0.25, -0.2) is 19.7 Å². The first-order chi connectivity index (χ1) is 14.4. The lowest BCUT2D eigenvalue weighted by molar-refractivity contribution is 0.0597. The van der Waals surface area contributed by atoms with E-state index in [1.807, 2.05) is 0 Å². The molecule has 152 valence electrons. The van der Waals surface area contributed by atoms with Crippen LogP contribution in [0.4, 0.5) is 5.82 Å². The van der Waals surface area contributed by atoms with Crippen LogP contribution in [0, 0.1) is 0 Å². The van der Waals surface area contributed by atoms with E-state index in [2.05, 4.69) is 20.4 Å². The Balaban J connectivity index is 2.01. The molecular weight excluding hydrogens is 433 g/mol. The van der Waals surface area contributed by atoms with E-state index in [4.69, 9.17) is 27.9 Å². The Hall–Kier alpha value is -3.56. The van der Waals surface area contributed by atoms with Crippen LogP contribution in [0.15, 0.2) is 55.0 Å². The Labute approximate surface area is 180 Å². The summed E-state index contributed by atoms with van der Waals surface area (Å²) in [5, 5.41) is 1.30. The first-order valence-corrected chi connectivity index (χ1v) is 9.08. The Morgan fingerprint density at radius 3 is 2.27 bits per heavy atom. The van der Waals surface area contributed by atoms with E-state index >= 15 is 0 Å². The number of esters is 1. The lowest BCUT2D eigenvalue weighted by Gasteiger charge is -2.23. The molecule has 0 aliphatic rings. The Morgan fingerprint density at radius 1 is 0.933 bits per heavy atom. The van der Waals surface area contributed by atoms with Crippen LogP contribution in [0.2, 0.25) is 10.2 Å². The second kappa shape index (κ2) is 9.29. The molecule has 11 heteroatoms. The number of hydrogen-bond acceptors (Lipinski definition) is 7. The third kappa shape index (κ3) is 4.70. The maximum atomic E-state index is 13.3. The van der Waals surface area contributed by atoms with E-state index in [-0.39, 0.29) is 27.8 Å². The highest BCUT2D eigenvalue weighted by Crippen LogP contribution is 2.19. The second-order valence-electron chi connectivity index (χ2n) is 5.68. The number of ether oxygens (including phenoxy) is 1. The number of hydrazine groups is 1. The van der Waals surface area contributed by atoms with Crippen molar-refractivity contribution in [3.8, 4) is 0 Å². The van der Waals surface area contributed by atoms with Crippen molar-refractivity contribution >= 4 is 46.8 Å². The SMILES string of the molecule is COC(=O)c1ccccc1C(=O)N(NC(=O)c1cnc(Cl)cn1)c1ccc(Cl)cn1. The largest absolute Gasteiger partial charge is 0.465 e. The molecular formula is C19H13Cl2N5O4. The molecule has 3 aromatic rings. The van der Waals surface area contributed by atoms with E-state index in [1.54, 1.807) is 12.1 Å². The molecule has 3 rings (SSSR count). The molecule has 0 aliphatic carbocycles. The average Bonchev–Trinajstić information content (AvgIpc) is 2.77. The van der Waals surface area contributed by atoms with Crippen molar-refractivity contribution in [1.82, 2.24) is 20.4 Å². The highest BCUT2D eigenvalue weighted by Gasteiger charge is 2.26. The zero-order chi connectivity index (χ0) is 21.7. The summed E-state index contributed by atoms with van der Waals surface area (Å²) in [4.78, 5) is 49.7. The number of carbonyl (C=O) groups is 3. The summed E-state index contributed by atoms with van der Waals surface area (Å²) in [6.45, 7) is 0. The number of benzene rings is 1. The van der Waals surface area contributed by atoms with Crippen molar-refractivity contribution in [3.05, 3.63) is 82.0 Å². The van der Waals surface area contributed by atoms with Crippen molar-refractivity contribution in [3.63, 3.8) is 0 Å². The smallest absolute Gasteiger partial charge is 0.338 e. The molecule has 9 nitrogen and oxygen atoms in total. The summed E-state index contributed by atoms with van der Waals surface area (Å²) < 4.78 is 4.73. The van der Waals surface area contributed by atoms with Crippen molar-refractivity contribution < 1.29 is 19.1 Å². The van der Waals surface area contributed by atoms with Crippen LogP contribution in [0.5, 0.6) is 0 Å². The minimum Gasteiger partial charge on any atom is -0.465 e. The number of halogens is 2. The highest BCUT2D eigenvalue weighted by molar-refractivity contribution is 6.30. The number of hydrogen-bond donors (Lipinski definition) is 1. The summed E-state index contributed by atoms with van der Waals surface area (Å²) in [6, 6.07) is 8.92. The van der Waals surface area contributed by atoms with E-state index in [0.29, 0.717) is 5.02 Å². The number of pyridine rings is 1. The number of nitrogens with one attached hydrogen (secondary N) is 1. The number of carbonyl (C=O) groups excluding carboxylic acids is 3. The van der Waals surface area contributed by atoms with Gasteiger partial charge in [-0.05, 0) is 24.3 Å². The Kier molecular flexibility index (Phi) is 6.55. The lowest BCUT2D eigenvalue weighted by Crippen LogP contribution is -2.47. The minimum atomic E-state index is -0.750. The van der Waals surface area contributed by atoms with Gasteiger partial charge in [-0.3, -0.25) is 15.0 Å². The predicted molar refractivity (Wildman–Crippen MR) is 108 cm³/mol. The Bertz CT molecular complexity index is 1090. The van der Waals surface area contributed by atoms with Gasteiger partial charge in [0.1, 0.15) is 10.8 Å². The van der Waals surface area contributed by atoms with Gasteiger partial charge in [-0.1, -0.05) is 35.3 Å². The summed E-state index contributed by atoms with van der Waals surface area (Å²) in [7, 11) is 1.20. The third-order valence-corrected chi connectivity index (χ3v) is 4.19. The molecule has 1 N–H and O–H groups in total. The van der Waals surface area contributed by atoms with Crippen LogP contribution in [-0.4, -0.2) is 39.8 Å². The van der Waals surface area contributed by atoms with Gasteiger partial charge in [0.15, 0.2) is 5.82 Å². The molecule has 0 radical (unpaired) electrons. The van der Waals surface area contributed by atoms with Gasteiger partial charge in [-0.2, -0.15) is 5.01 Å². The van der Waals surface area contributed by atoms with E-state index in [1.165, 1.54) is 43.8 Å². The maximum Gasteiger partial charge on any atom is 0.338 e. The molecule has 2 aromatic heterocycles. The van der Waals surface area contributed by atoms with Gasteiger partial charge < -0.3 is 4.74 Å². The molecule has 0 spiro atoms. The quantitative estimate of drug-likeness (QED) is 0.484. The number of aromatic nitrogens is 3. The van der Waals surface area contributed by atoms with Crippen molar-refractivity contribution in [2.45, 2.75) is 0 Å². The molecule has 2 heterocycles. The fraction of sp³-hybridized carbons (Fsp3) is 0.0526. The molecule has 0 aliphatic heterocycles. The minimum absolute atomic E-state index is 0.0106. The highest BCUT2D eigenvalue weighted by atomic mass is 35.5. The van der Waals surface area contributed by atoms with Crippen LogP contribution in [0.25, 0.3) is 0 Å². The van der Waals surface area contributed by atoms with Crippen LogP contribution in [0.1, 0.15) is 31.2 Å². The van der Waals surface area contributed by atoms with Crippen molar-refractivity contribution in [1.29, 1.82) is 0 Å². The van der Waals surface area contributed by atoms with Crippen molar-refractivity contribution in [2.75, 3.05) is 12.1 Å². The number of nitrogens with zero attached hydrogens (tertiary/aromatic N) is 4. The maximum absolute atomic E-state index is 13.3. The van der Waals surface area contributed by atoms with Crippen LogP contribution < -0.4 is 10.4 Å². The summed E-state index contributed by atoms with van der Waals surface area (Å²) in [5.41, 5.74) is 2.33.